The molecule has 1 saturated heterocycles. The summed E-state index contributed by atoms with van der Waals surface area (Å²) in [7, 11) is 0. The molecule has 4 nitrogen and oxygen atoms in total. The lowest BCUT2D eigenvalue weighted by Crippen LogP contribution is -2.40. The predicted octanol–water partition coefficient (Wildman–Crippen LogP) is 2.10. The van der Waals surface area contributed by atoms with E-state index in [1.54, 1.807) is 11.3 Å². The van der Waals surface area contributed by atoms with Gasteiger partial charge in [-0.25, -0.2) is 4.98 Å². The molecular formula is C13H17N3OS. The van der Waals surface area contributed by atoms with Crippen LogP contribution in [0.1, 0.15) is 12.5 Å². The SMILES string of the molecule is CC1CN(Cc2ccc3nc(N)sc3c2)CCO1. The highest BCUT2D eigenvalue weighted by Crippen LogP contribution is 2.25. The van der Waals surface area contributed by atoms with Crippen LogP contribution in [0.5, 0.6) is 0 Å². The summed E-state index contributed by atoms with van der Waals surface area (Å²) in [4.78, 5) is 6.71. The van der Waals surface area contributed by atoms with Crippen LogP contribution in [-0.4, -0.2) is 35.7 Å². The molecule has 5 heteroatoms. The molecule has 18 heavy (non-hydrogen) atoms. The van der Waals surface area contributed by atoms with Gasteiger partial charge in [0.15, 0.2) is 5.13 Å². The number of nitrogen functional groups attached to an aromatic ring is 1. The van der Waals surface area contributed by atoms with Crippen LogP contribution in [0.4, 0.5) is 5.13 Å². The second-order valence-electron chi connectivity index (χ2n) is 4.77. The fourth-order valence-corrected chi connectivity index (χ4v) is 3.18. The van der Waals surface area contributed by atoms with Crippen LogP contribution in [0.3, 0.4) is 0 Å². The van der Waals surface area contributed by atoms with E-state index in [1.807, 2.05) is 0 Å². The maximum Gasteiger partial charge on any atom is 0.181 e. The van der Waals surface area contributed by atoms with Crippen molar-refractivity contribution >= 4 is 26.7 Å². The minimum absolute atomic E-state index is 0.335. The van der Waals surface area contributed by atoms with Crippen LogP contribution in [-0.2, 0) is 11.3 Å². The summed E-state index contributed by atoms with van der Waals surface area (Å²) in [6.45, 7) is 5.94. The fraction of sp³-hybridized carbons (Fsp3) is 0.462. The Labute approximate surface area is 110 Å². The Bertz CT molecular complexity index is 554. The summed E-state index contributed by atoms with van der Waals surface area (Å²) in [5.41, 5.74) is 8.04. The van der Waals surface area contributed by atoms with Gasteiger partial charge in [0.2, 0.25) is 0 Å². The van der Waals surface area contributed by atoms with Gasteiger partial charge in [0.05, 0.1) is 22.9 Å². The number of nitrogens with two attached hydrogens (primary N) is 1. The molecule has 1 aliphatic rings. The first kappa shape index (κ1) is 11.9. The third-order valence-electron chi connectivity index (χ3n) is 3.20. The molecule has 0 saturated carbocycles. The third kappa shape index (κ3) is 2.48. The van der Waals surface area contributed by atoms with Crippen LogP contribution in [0.25, 0.3) is 10.2 Å². The standard InChI is InChI=1S/C13H17N3OS/c1-9-7-16(4-5-17-9)8-10-2-3-11-12(6-10)18-13(14)15-11/h2-3,6,9H,4-5,7-8H2,1H3,(H2,14,15). The molecule has 1 fully saturated rings. The number of fused-ring (bicyclic) bond motifs is 1. The molecule has 1 aromatic heterocycles. The molecule has 1 atom stereocenters. The molecule has 0 amide bonds. The maximum absolute atomic E-state index is 5.72. The van der Waals surface area contributed by atoms with Gasteiger partial charge < -0.3 is 10.5 Å². The Hall–Kier alpha value is -1.17. The van der Waals surface area contributed by atoms with Crippen molar-refractivity contribution in [2.24, 2.45) is 0 Å². The van der Waals surface area contributed by atoms with Gasteiger partial charge in [-0.15, -0.1) is 0 Å². The van der Waals surface area contributed by atoms with Crippen molar-refractivity contribution in [3.8, 4) is 0 Å². The number of rotatable bonds is 2. The Kier molecular flexibility index (Phi) is 3.20. The zero-order valence-electron chi connectivity index (χ0n) is 10.4. The van der Waals surface area contributed by atoms with Crippen LogP contribution >= 0.6 is 11.3 Å². The minimum Gasteiger partial charge on any atom is -0.376 e. The van der Waals surface area contributed by atoms with Crippen LogP contribution in [0, 0.1) is 0 Å². The fourth-order valence-electron chi connectivity index (χ4n) is 2.38. The second-order valence-corrected chi connectivity index (χ2v) is 5.83. The normalized spacial score (nSPS) is 21.5. The van der Waals surface area contributed by atoms with Crippen LogP contribution < -0.4 is 5.73 Å². The average molecular weight is 263 g/mol. The Balaban J connectivity index is 1.77. The molecule has 0 aliphatic carbocycles. The first-order chi connectivity index (χ1) is 8.70. The minimum atomic E-state index is 0.335. The van der Waals surface area contributed by atoms with Crippen molar-refractivity contribution in [1.82, 2.24) is 9.88 Å². The summed E-state index contributed by atoms with van der Waals surface area (Å²) in [6.07, 6.45) is 0.335. The first-order valence-electron chi connectivity index (χ1n) is 6.19. The highest BCUT2D eigenvalue weighted by molar-refractivity contribution is 7.22. The van der Waals surface area contributed by atoms with E-state index in [4.69, 9.17) is 10.5 Å². The van der Waals surface area contributed by atoms with Gasteiger partial charge in [0, 0.05) is 19.6 Å². The zero-order valence-corrected chi connectivity index (χ0v) is 11.2. The quantitative estimate of drug-likeness (QED) is 0.901. The number of benzene rings is 1. The Morgan fingerprint density at radius 3 is 3.28 bits per heavy atom. The zero-order chi connectivity index (χ0) is 12.5. The highest BCUT2D eigenvalue weighted by atomic mass is 32.1. The molecule has 1 unspecified atom stereocenters. The number of nitrogens with zero attached hydrogens (tertiary/aromatic N) is 2. The molecule has 3 rings (SSSR count). The van der Waals surface area contributed by atoms with Gasteiger partial charge in [0.25, 0.3) is 0 Å². The summed E-state index contributed by atoms with van der Waals surface area (Å²) in [6, 6.07) is 6.40. The second kappa shape index (κ2) is 4.84. The first-order valence-corrected chi connectivity index (χ1v) is 7.01. The molecular weight excluding hydrogens is 246 g/mol. The monoisotopic (exact) mass is 263 g/mol. The number of morpholine rings is 1. The van der Waals surface area contributed by atoms with Gasteiger partial charge in [-0.1, -0.05) is 17.4 Å². The van der Waals surface area contributed by atoms with E-state index in [1.165, 1.54) is 10.3 Å². The van der Waals surface area contributed by atoms with Crippen LogP contribution in [0.15, 0.2) is 18.2 Å². The number of ether oxygens (including phenoxy) is 1. The Morgan fingerprint density at radius 2 is 2.44 bits per heavy atom. The lowest BCUT2D eigenvalue weighted by molar-refractivity contribution is -0.0211. The van der Waals surface area contributed by atoms with Gasteiger partial charge >= 0.3 is 0 Å². The molecule has 0 bridgehead atoms. The van der Waals surface area contributed by atoms with Crippen LogP contribution in [0.2, 0.25) is 0 Å². The van der Waals surface area contributed by atoms with Crippen molar-refractivity contribution in [2.75, 3.05) is 25.4 Å². The number of hydrogen-bond donors (Lipinski definition) is 1. The lowest BCUT2D eigenvalue weighted by atomic mass is 10.2. The van der Waals surface area contributed by atoms with E-state index in [9.17, 15) is 0 Å². The number of aromatic nitrogens is 1. The third-order valence-corrected chi connectivity index (χ3v) is 4.05. The Morgan fingerprint density at radius 1 is 1.56 bits per heavy atom. The van der Waals surface area contributed by atoms with E-state index in [0.717, 1.165) is 31.8 Å². The van der Waals surface area contributed by atoms with Gasteiger partial charge in [-0.05, 0) is 24.6 Å². The number of anilines is 1. The molecule has 96 valence electrons. The van der Waals surface area contributed by atoms with E-state index in [0.29, 0.717) is 11.2 Å². The average Bonchev–Trinajstić information content (AvgIpc) is 2.68. The lowest BCUT2D eigenvalue weighted by Gasteiger charge is -2.31. The van der Waals surface area contributed by atoms with Crippen molar-refractivity contribution in [1.29, 1.82) is 0 Å². The predicted molar refractivity (Wildman–Crippen MR) is 74.7 cm³/mol. The summed E-state index contributed by atoms with van der Waals surface area (Å²) < 4.78 is 6.73. The topological polar surface area (TPSA) is 51.4 Å². The molecule has 2 heterocycles. The number of thiazole rings is 1. The molecule has 1 aromatic carbocycles. The van der Waals surface area contributed by atoms with Crippen molar-refractivity contribution < 1.29 is 4.74 Å². The van der Waals surface area contributed by atoms with Gasteiger partial charge in [0.1, 0.15) is 0 Å². The highest BCUT2D eigenvalue weighted by Gasteiger charge is 2.16. The molecule has 2 N–H and O–H groups in total. The number of hydrogen-bond acceptors (Lipinski definition) is 5. The molecule has 0 spiro atoms. The molecule has 1 aliphatic heterocycles. The van der Waals surface area contributed by atoms with Crippen molar-refractivity contribution in [3.05, 3.63) is 23.8 Å². The summed E-state index contributed by atoms with van der Waals surface area (Å²) >= 11 is 1.55. The van der Waals surface area contributed by atoms with E-state index < -0.39 is 0 Å². The van der Waals surface area contributed by atoms with E-state index in [2.05, 4.69) is 35.0 Å². The maximum atomic E-state index is 5.72. The molecule has 2 aromatic rings. The van der Waals surface area contributed by atoms with Crippen molar-refractivity contribution in [2.45, 2.75) is 19.6 Å². The van der Waals surface area contributed by atoms with E-state index >= 15 is 0 Å². The summed E-state index contributed by atoms with van der Waals surface area (Å²) in [5.74, 6) is 0. The van der Waals surface area contributed by atoms with E-state index in [-0.39, 0.29) is 0 Å². The summed E-state index contributed by atoms with van der Waals surface area (Å²) in [5, 5.41) is 0.641. The van der Waals surface area contributed by atoms with Gasteiger partial charge in [-0.2, -0.15) is 0 Å². The molecule has 0 radical (unpaired) electrons. The largest absolute Gasteiger partial charge is 0.376 e. The van der Waals surface area contributed by atoms with Crippen molar-refractivity contribution in [3.63, 3.8) is 0 Å². The smallest absolute Gasteiger partial charge is 0.181 e. The van der Waals surface area contributed by atoms with Gasteiger partial charge in [-0.3, -0.25) is 4.90 Å².